The molecule has 0 unspecified atom stereocenters. The van der Waals surface area contributed by atoms with E-state index in [-0.39, 0.29) is 22.9 Å². The first-order valence-electron chi connectivity index (χ1n) is 4.76. The third kappa shape index (κ3) is 2.32. The van der Waals surface area contributed by atoms with Gasteiger partial charge in [-0.15, -0.1) is 0 Å². The van der Waals surface area contributed by atoms with Gasteiger partial charge in [-0.1, -0.05) is 13.8 Å². The van der Waals surface area contributed by atoms with E-state index in [1.54, 1.807) is 19.9 Å². The van der Waals surface area contributed by atoms with Gasteiger partial charge in [0.15, 0.2) is 0 Å². The first kappa shape index (κ1) is 12.5. The minimum Gasteiger partial charge on any atom is -0.242 e. The lowest BCUT2D eigenvalue weighted by Gasteiger charge is -2.17. The lowest BCUT2D eigenvalue weighted by Crippen LogP contribution is -2.13. The van der Waals surface area contributed by atoms with Crippen LogP contribution in [0.5, 0.6) is 0 Å². The molecule has 0 aliphatic heterocycles. The topological polar surface area (TPSA) is 36.7 Å². The number of nitriles is 1. The molecule has 86 valence electrons. The molecular weight excluding hydrogens is 217 g/mol. The third-order valence-electron chi connectivity index (χ3n) is 2.25. The Morgan fingerprint density at radius 2 is 1.94 bits per heavy atom. The normalized spacial score (nSPS) is 11.6. The van der Waals surface area contributed by atoms with Crippen LogP contribution in [-0.4, -0.2) is 4.98 Å². The van der Waals surface area contributed by atoms with Gasteiger partial charge in [-0.3, -0.25) is 0 Å². The molecule has 0 bridgehead atoms. The maximum Gasteiger partial charge on any atom is 0.416 e. The Hall–Kier alpha value is -1.57. The fraction of sp³-hybridized carbons (Fsp3) is 0.455. The Kier molecular flexibility index (Phi) is 3.22. The van der Waals surface area contributed by atoms with E-state index in [9.17, 15) is 13.2 Å². The van der Waals surface area contributed by atoms with Crippen LogP contribution in [0.15, 0.2) is 6.07 Å². The van der Waals surface area contributed by atoms with Crippen molar-refractivity contribution in [3.05, 3.63) is 28.6 Å². The number of hydrogen-bond acceptors (Lipinski definition) is 2. The summed E-state index contributed by atoms with van der Waals surface area (Å²) in [6.07, 6.45) is -4.45. The van der Waals surface area contributed by atoms with Crippen molar-refractivity contribution in [3.63, 3.8) is 0 Å². The van der Waals surface area contributed by atoms with Crippen molar-refractivity contribution in [2.75, 3.05) is 0 Å². The zero-order valence-corrected chi connectivity index (χ0v) is 9.18. The largest absolute Gasteiger partial charge is 0.416 e. The molecular formula is C11H11F3N2. The number of alkyl halides is 3. The molecule has 0 spiro atoms. The fourth-order valence-corrected chi connectivity index (χ4v) is 1.70. The monoisotopic (exact) mass is 228 g/mol. The molecule has 5 heteroatoms. The van der Waals surface area contributed by atoms with Crippen molar-refractivity contribution < 1.29 is 13.2 Å². The van der Waals surface area contributed by atoms with Crippen LogP contribution >= 0.6 is 0 Å². The van der Waals surface area contributed by atoms with Crippen LogP contribution in [0.2, 0.25) is 0 Å². The Labute approximate surface area is 91.7 Å². The lowest BCUT2D eigenvalue weighted by molar-refractivity contribution is -0.138. The molecule has 0 atom stereocenters. The molecule has 1 heterocycles. The summed E-state index contributed by atoms with van der Waals surface area (Å²) in [5.41, 5.74) is -0.534. The molecule has 1 rings (SSSR count). The third-order valence-corrected chi connectivity index (χ3v) is 2.25. The molecule has 0 aliphatic carbocycles. The number of aromatic nitrogens is 1. The maximum absolute atomic E-state index is 12.8. The van der Waals surface area contributed by atoms with Crippen molar-refractivity contribution in [2.24, 2.45) is 0 Å². The van der Waals surface area contributed by atoms with Gasteiger partial charge in [0.1, 0.15) is 11.8 Å². The van der Waals surface area contributed by atoms with Gasteiger partial charge >= 0.3 is 6.18 Å². The maximum atomic E-state index is 12.8. The summed E-state index contributed by atoms with van der Waals surface area (Å²) in [6.45, 7) is 4.84. The summed E-state index contributed by atoms with van der Waals surface area (Å²) in [4.78, 5) is 3.83. The number of rotatable bonds is 1. The first-order chi connectivity index (χ1) is 7.27. The van der Waals surface area contributed by atoms with Crippen molar-refractivity contribution in [3.8, 4) is 6.07 Å². The molecule has 16 heavy (non-hydrogen) atoms. The van der Waals surface area contributed by atoms with Crippen molar-refractivity contribution in [1.82, 2.24) is 4.98 Å². The van der Waals surface area contributed by atoms with Crippen LogP contribution in [0.1, 0.15) is 42.3 Å². The van der Waals surface area contributed by atoms with E-state index < -0.39 is 11.7 Å². The molecule has 0 aromatic carbocycles. The Balaban J connectivity index is 3.55. The Morgan fingerprint density at radius 1 is 1.38 bits per heavy atom. The summed E-state index contributed by atoms with van der Waals surface area (Å²) in [6, 6.07) is 2.44. The van der Waals surface area contributed by atoms with Crippen molar-refractivity contribution in [2.45, 2.75) is 32.9 Å². The summed E-state index contributed by atoms with van der Waals surface area (Å²) < 4.78 is 38.3. The van der Waals surface area contributed by atoms with Crippen LogP contribution in [0.3, 0.4) is 0 Å². The van der Waals surface area contributed by atoms with Gasteiger partial charge in [-0.25, -0.2) is 4.98 Å². The number of nitrogens with zero attached hydrogens (tertiary/aromatic N) is 2. The summed E-state index contributed by atoms with van der Waals surface area (Å²) in [5, 5.41) is 8.60. The second kappa shape index (κ2) is 4.12. The SMILES string of the molecule is Cc1nc(C#N)cc(C(F)(F)F)c1C(C)C. The first-order valence-corrected chi connectivity index (χ1v) is 4.76. The van der Waals surface area contributed by atoms with Gasteiger partial charge in [-0.05, 0) is 24.5 Å². The van der Waals surface area contributed by atoms with E-state index in [4.69, 9.17) is 5.26 Å². The molecule has 0 aliphatic rings. The highest BCUT2D eigenvalue weighted by Gasteiger charge is 2.35. The molecule has 0 N–H and O–H groups in total. The van der Waals surface area contributed by atoms with E-state index in [0.717, 1.165) is 6.07 Å². The van der Waals surface area contributed by atoms with Crippen LogP contribution in [0.4, 0.5) is 13.2 Å². The molecule has 0 fully saturated rings. The zero-order valence-electron chi connectivity index (χ0n) is 9.18. The quantitative estimate of drug-likeness (QED) is 0.738. The highest BCUT2D eigenvalue weighted by molar-refractivity contribution is 5.39. The van der Waals surface area contributed by atoms with Gasteiger partial charge in [0, 0.05) is 5.69 Å². The predicted molar refractivity (Wildman–Crippen MR) is 52.8 cm³/mol. The molecule has 1 aromatic heterocycles. The van der Waals surface area contributed by atoms with E-state index >= 15 is 0 Å². The minimum absolute atomic E-state index is 0.159. The fourth-order valence-electron chi connectivity index (χ4n) is 1.70. The summed E-state index contributed by atoms with van der Waals surface area (Å²) in [7, 11) is 0. The second-order valence-corrected chi connectivity index (χ2v) is 3.82. The molecule has 0 saturated heterocycles. The van der Waals surface area contributed by atoms with Crippen molar-refractivity contribution in [1.29, 1.82) is 5.26 Å². The van der Waals surface area contributed by atoms with Gasteiger partial charge in [0.05, 0.1) is 5.56 Å². The van der Waals surface area contributed by atoms with Crippen LogP contribution in [0, 0.1) is 18.3 Å². The van der Waals surface area contributed by atoms with Crippen LogP contribution in [0.25, 0.3) is 0 Å². The van der Waals surface area contributed by atoms with E-state index in [0.29, 0.717) is 0 Å². The van der Waals surface area contributed by atoms with Gasteiger partial charge in [-0.2, -0.15) is 18.4 Å². The van der Waals surface area contributed by atoms with Crippen LogP contribution < -0.4 is 0 Å². The summed E-state index contributed by atoms with van der Waals surface area (Å²) in [5.74, 6) is -0.281. The number of halogens is 3. The number of pyridine rings is 1. The van der Waals surface area contributed by atoms with E-state index in [1.165, 1.54) is 6.92 Å². The smallest absolute Gasteiger partial charge is 0.242 e. The highest BCUT2D eigenvalue weighted by atomic mass is 19.4. The Bertz CT molecular complexity index is 442. The molecule has 1 aromatic rings. The van der Waals surface area contributed by atoms with E-state index in [2.05, 4.69) is 4.98 Å². The van der Waals surface area contributed by atoms with Crippen LogP contribution in [-0.2, 0) is 6.18 Å². The average molecular weight is 228 g/mol. The summed E-state index contributed by atoms with van der Waals surface area (Å²) >= 11 is 0. The molecule has 0 saturated carbocycles. The molecule has 2 nitrogen and oxygen atoms in total. The second-order valence-electron chi connectivity index (χ2n) is 3.82. The van der Waals surface area contributed by atoms with Gasteiger partial charge in [0.25, 0.3) is 0 Å². The van der Waals surface area contributed by atoms with Gasteiger partial charge in [0.2, 0.25) is 0 Å². The zero-order chi connectivity index (χ0) is 12.5. The highest BCUT2D eigenvalue weighted by Crippen LogP contribution is 2.36. The average Bonchev–Trinajstić information content (AvgIpc) is 2.14. The van der Waals surface area contributed by atoms with E-state index in [1.807, 2.05) is 0 Å². The molecule has 0 radical (unpaired) electrons. The predicted octanol–water partition coefficient (Wildman–Crippen LogP) is 3.40. The minimum atomic E-state index is -4.45. The standard InChI is InChI=1S/C11H11F3N2/c1-6(2)10-7(3)16-8(5-15)4-9(10)11(12,13)14/h4,6H,1-3H3. The molecule has 0 amide bonds. The lowest BCUT2D eigenvalue weighted by atomic mass is 9.95. The number of hydrogen-bond donors (Lipinski definition) is 0. The Morgan fingerprint density at radius 3 is 2.31 bits per heavy atom. The van der Waals surface area contributed by atoms with Crippen molar-refractivity contribution >= 4 is 0 Å². The number of aryl methyl sites for hydroxylation is 1. The van der Waals surface area contributed by atoms with Gasteiger partial charge < -0.3 is 0 Å².